The fourth-order valence-corrected chi connectivity index (χ4v) is 3.97. The maximum atomic E-state index is 12.9. The van der Waals surface area contributed by atoms with Gasteiger partial charge in [0.2, 0.25) is 17.7 Å². The second-order valence-corrected chi connectivity index (χ2v) is 7.90. The van der Waals surface area contributed by atoms with Crippen molar-refractivity contribution in [3.8, 4) is 0 Å². The van der Waals surface area contributed by atoms with Crippen LogP contribution in [0.1, 0.15) is 50.5 Å². The molecule has 1 saturated heterocycles. The first-order valence-electron chi connectivity index (χ1n) is 10.3. The lowest BCUT2D eigenvalue weighted by Gasteiger charge is -2.22. The van der Waals surface area contributed by atoms with Crippen molar-refractivity contribution in [1.82, 2.24) is 10.6 Å². The number of benzene rings is 1. The SMILES string of the molecule is O=C(CCNC(=O)C1CC(=O)N(c2cccc(C(F)(F)F)c2)C1)NC1CCCCC1. The molecule has 6 nitrogen and oxygen atoms in total. The molecule has 1 unspecified atom stereocenters. The zero-order chi connectivity index (χ0) is 21.7. The van der Waals surface area contributed by atoms with Gasteiger partial charge in [-0.25, -0.2) is 0 Å². The van der Waals surface area contributed by atoms with E-state index >= 15 is 0 Å². The lowest BCUT2D eigenvalue weighted by atomic mass is 9.95. The number of carbonyl (C=O) groups is 3. The third-order valence-electron chi connectivity index (χ3n) is 5.60. The molecule has 9 heteroatoms. The van der Waals surface area contributed by atoms with Crippen LogP contribution in [0.4, 0.5) is 18.9 Å². The van der Waals surface area contributed by atoms with E-state index in [4.69, 9.17) is 0 Å². The Morgan fingerprint density at radius 2 is 1.87 bits per heavy atom. The van der Waals surface area contributed by atoms with Gasteiger partial charge in [0, 0.05) is 37.7 Å². The van der Waals surface area contributed by atoms with E-state index in [0.29, 0.717) is 0 Å². The Kier molecular flexibility index (Phi) is 6.99. The maximum absolute atomic E-state index is 12.9. The molecule has 164 valence electrons. The summed E-state index contributed by atoms with van der Waals surface area (Å²) in [5, 5.41) is 5.63. The molecule has 30 heavy (non-hydrogen) atoms. The summed E-state index contributed by atoms with van der Waals surface area (Å²) in [5.41, 5.74) is -0.721. The number of carbonyl (C=O) groups excluding carboxylic acids is 3. The molecule has 0 spiro atoms. The lowest BCUT2D eigenvalue weighted by molar-refractivity contribution is -0.137. The number of rotatable bonds is 6. The highest BCUT2D eigenvalue weighted by molar-refractivity contribution is 6.00. The highest BCUT2D eigenvalue weighted by Gasteiger charge is 2.36. The minimum atomic E-state index is -4.51. The van der Waals surface area contributed by atoms with Gasteiger partial charge in [0.15, 0.2) is 0 Å². The van der Waals surface area contributed by atoms with Crippen LogP contribution in [-0.2, 0) is 20.6 Å². The van der Waals surface area contributed by atoms with E-state index in [-0.39, 0.29) is 49.5 Å². The standard InChI is InChI=1S/C21H26F3N3O3/c22-21(23,24)15-5-4-8-17(12-15)27-13-14(11-19(27)29)20(30)25-10-9-18(28)26-16-6-2-1-3-7-16/h4-5,8,12,14,16H,1-3,6-7,9-11,13H2,(H,25,30)(H,26,28). The van der Waals surface area contributed by atoms with Gasteiger partial charge in [0.05, 0.1) is 11.5 Å². The monoisotopic (exact) mass is 425 g/mol. The number of alkyl halides is 3. The second-order valence-electron chi connectivity index (χ2n) is 7.90. The topological polar surface area (TPSA) is 78.5 Å². The molecule has 1 saturated carbocycles. The highest BCUT2D eigenvalue weighted by Crippen LogP contribution is 2.33. The van der Waals surface area contributed by atoms with Gasteiger partial charge in [0.25, 0.3) is 0 Å². The number of halogens is 3. The maximum Gasteiger partial charge on any atom is 0.416 e. The van der Waals surface area contributed by atoms with Crippen molar-refractivity contribution in [2.75, 3.05) is 18.0 Å². The quantitative estimate of drug-likeness (QED) is 0.736. The molecule has 2 N–H and O–H groups in total. The number of nitrogens with zero attached hydrogens (tertiary/aromatic N) is 1. The van der Waals surface area contributed by atoms with E-state index in [0.717, 1.165) is 37.8 Å². The molecule has 1 atom stereocenters. The van der Waals surface area contributed by atoms with Crippen molar-refractivity contribution in [2.45, 2.75) is 57.2 Å². The summed E-state index contributed by atoms with van der Waals surface area (Å²) in [4.78, 5) is 37.8. The van der Waals surface area contributed by atoms with Gasteiger partial charge in [-0.3, -0.25) is 14.4 Å². The fraction of sp³-hybridized carbons (Fsp3) is 0.571. The molecule has 1 aliphatic carbocycles. The smallest absolute Gasteiger partial charge is 0.355 e. The molecule has 0 bridgehead atoms. The van der Waals surface area contributed by atoms with Crippen LogP contribution in [0.15, 0.2) is 24.3 Å². The minimum Gasteiger partial charge on any atom is -0.355 e. The van der Waals surface area contributed by atoms with Crippen LogP contribution in [0.25, 0.3) is 0 Å². The molecular weight excluding hydrogens is 399 g/mol. The summed E-state index contributed by atoms with van der Waals surface area (Å²) < 4.78 is 38.7. The molecule has 1 aromatic carbocycles. The van der Waals surface area contributed by atoms with Crippen LogP contribution >= 0.6 is 0 Å². The van der Waals surface area contributed by atoms with Gasteiger partial charge in [-0.1, -0.05) is 25.3 Å². The van der Waals surface area contributed by atoms with Crippen molar-refractivity contribution < 1.29 is 27.6 Å². The van der Waals surface area contributed by atoms with Crippen molar-refractivity contribution in [3.63, 3.8) is 0 Å². The molecule has 1 heterocycles. The molecule has 0 aromatic heterocycles. The van der Waals surface area contributed by atoms with E-state index in [9.17, 15) is 27.6 Å². The van der Waals surface area contributed by atoms with E-state index in [1.54, 1.807) is 0 Å². The number of nitrogens with one attached hydrogen (secondary N) is 2. The Balaban J connectivity index is 1.47. The Labute approximate surface area is 173 Å². The molecule has 3 rings (SSSR count). The van der Waals surface area contributed by atoms with Crippen molar-refractivity contribution in [3.05, 3.63) is 29.8 Å². The van der Waals surface area contributed by atoms with Crippen LogP contribution in [0.5, 0.6) is 0 Å². The summed E-state index contributed by atoms with van der Waals surface area (Å²) in [6, 6.07) is 4.71. The normalized spacial score (nSPS) is 20.3. The van der Waals surface area contributed by atoms with Gasteiger partial charge >= 0.3 is 6.18 Å². The zero-order valence-corrected chi connectivity index (χ0v) is 16.6. The fourth-order valence-electron chi connectivity index (χ4n) is 3.97. The first kappa shape index (κ1) is 22.1. The largest absolute Gasteiger partial charge is 0.416 e. The molecular formula is C21H26F3N3O3. The van der Waals surface area contributed by atoms with Gasteiger partial charge in [-0.15, -0.1) is 0 Å². The third-order valence-corrected chi connectivity index (χ3v) is 5.60. The molecule has 3 amide bonds. The van der Waals surface area contributed by atoms with Crippen LogP contribution in [0.3, 0.4) is 0 Å². The molecule has 2 aliphatic rings. The lowest BCUT2D eigenvalue weighted by Crippen LogP contribution is -2.39. The minimum absolute atomic E-state index is 0.0141. The zero-order valence-electron chi connectivity index (χ0n) is 16.6. The van der Waals surface area contributed by atoms with E-state index < -0.39 is 23.6 Å². The van der Waals surface area contributed by atoms with E-state index in [1.165, 1.54) is 23.5 Å². The average Bonchev–Trinajstić information content (AvgIpc) is 3.10. The Hall–Kier alpha value is -2.58. The van der Waals surface area contributed by atoms with Crippen LogP contribution in [0.2, 0.25) is 0 Å². The summed E-state index contributed by atoms with van der Waals surface area (Å²) in [7, 11) is 0. The van der Waals surface area contributed by atoms with Gasteiger partial charge in [-0.05, 0) is 31.0 Å². The van der Waals surface area contributed by atoms with Crippen LogP contribution in [0, 0.1) is 5.92 Å². The molecule has 1 aromatic rings. The Morgan fingerprint density at radius 1 is 1.13 bits per heavy atom. The van der Waals surface area contributed by atoms with Gasteiger partial charge < -0.3 is 15.5 Å². The van der Waals surface area contributed by atoms with E-state index in [1.807, 2.05) is 0 Å². The second kappa shape index (κ2) is 9.49. The Bertz CT molecular complexity index is 791. The highest BCUT2D eigenvalue weighted by atomic mass is 19.4. The number of hydrogen-bond acceptors (Lipinski definition) is 3. The predicted octanol–water partition coefficient (Wildman–Crippen LogP) is 3.01. The molecule has 2 fully saturated rings. The summed E-state index contributed by atoms with van der Waals surface area (Å²) in [6.45, 7) is 0.173. The third kappa shape index (κ3) is 5.73. The first-order valence-corrected chi connectivity index (χ1v) is 10.3. The van der Waals surface area contributed by atoms with Crippen molar-refractivity contribution >= 4 is 23.4 Å². The van der Waals surface area contributed by atoms with Gasteiger partial charge in [-0.2, -0.15) is 13.2 Å². The summed E-state index contributed by atoms with van der Waals surface area (Å²) in [5.74, 6) is -1.54. The van der Waals surface area contributed by atoms with Crippen molar-refractivity contribution in [1.29, 1.82) is 0 Å². The van der Waals surface area contributed by atoms with Crippen LogP contribution < -0.4 is 15.5 Å². The Morgan fingerprint density at radius 3 is 2.57 bits per heavy atom. The summed E-state index contributed by atoms with van der Waals surface area (Å²) >= 11 is 0. The van der Waals surface area contributed by atoms with Crippen LogP contribution in [-0.4, -0.2) is 36.9 Å². The number of anilines is 1. The first-order chi connectivity index (χ1) is 14.2. The van der Waals surface area contributed by atoms with Crippen molar-refractivity contribution in [2.24, 2.45) is 5.92 Å². The number of amides is 3. The number of hydrogen-bond donors (Lipinski definition) is 2. The van der Waals surface area contributed by atoms with Gasteiger partial charge in [0.1, 0.15) is 0 Å². The van der Waals surface area contributed by atoms with E-state index in [2.05, 4.69) is 10.6 Å². The predicted molar refractivity (Wildman–Crippen MR) is 105 cm³/mol. The average molecular weight is 425 g/mol. The summed E-state index contributed by atoms with van der Waals surface area (Å²) in [6.07, 6.45) is 0.950. The molecule has 1 aliphatic heterocycles. The molecule has 0 radical (unpaired) electrons.